The average molecular weight is 431 g/mol. The van der Waals surface area contributed by atoms with Gasteiger partial charge in [-0.1, -0.05) is 0 Å². The summed E-state index contributed by atoms with van der Waals surface area (Å²) >= 11 is 0. The lowest BCUT2D eigenvalue weighted by Crippen LogP contribution is -2.54. The Hall–Kier alpha value is -2.88. The minimum absolute atomic E-state index is 0.0531. The summed E-state index contributed by atoms with van der Waals surface area (Å²) in [5.74, 6) is -0.235. The summed E-state index contributed by atoms with van der Waals surface area (Å²) in [5, 5.41) is 11.7. The van der Waals surface area contributed by atoms with Gasteiger partial charge in [0.1, 0.15) is 5.69 Å². The third-order valence-corrected chi connectivity index (χ3v) is 6.23. The fourth-order valence-corrected chi connectivity index (χ4v) is 4.44. The Morgan fingerprint density at radius 2 is 1.45 bits per heavy atom. The van der Waals surface area contributed by atoms with Gasteiger partial charge in [0.15, 0.2) is 0 Å². The van der Waals surface area contributed by atoms with Crippen molar-refractivity contribution in [3.05, 3.63) is 33.9 Å². The van der Waals surface area contributed by atoms with Crippen LogP contribution in [0.25, 0.3) is 0 Å². The van der Waals surface area contributed by atoms with Gasteiger partial charge < -0.3 is 24.3 Å². The Morgan fingerprint density at radius 1 is 0.839 bits per heavy atom. The number of rotatable bonds is 3. The molecule has 0 bridgehead atoms. The zero-order valence-corrected chi connectivity index (χ0v) is 17.7. The minimum Gasteiger partial charge on any atom is -0.378 e. The molecule has 0 N–H and O–H groups in total. The second-order valence-corrected chi connectivity index (χ2v) is 8.17. The number of piperidine rings is 1. The van der Waals surface area contributed by atoms with E-state index in [0.717, 1.165) is 25.9 Å². The molecule has 0 spiro atoms. The van der Waals surface area contributed by atoms with Crippen molar-refractivity contribution in [1.29, 1.82) is 0 Å². The van der Waals surface area contributed by atoms with Crippen molar-refractivity contribution >= 4 is 23.3 Å². The quantitative estimate of drug-likeness (QED) is 0.535. The van der Waals surface area contributed by atoms with Crippen LogP contribution in [0.2, 0.25) is 0 Å². The van der Waals surface area contributed by atoms with Gasteiger partial charge in [-0.3, -0.25) is 14.9 Å². The summed E-state index contributed by atoms with van der Waals surface area (Å²) in [6.07, 6.45) is 3.26. The number of ether oxygens (including phenoxy) is 1. The van der Waals surface area contributed by atoms with Gasteiger partial charge in [-0.25, -0.2) is 4.79 Å². The van der Waals surface area contributed by atoms with E-state index in [1.165, 1.54) is 12.5 Å². The highest BCUT2D eigenvalue weighted by Gasteiger charge is 2.30. The highest BCUT2D eigenvalue weighted by molar-refractivity contribution is 5.96. The number of piperazine rings is 1. The van der Waals surface area contributed by atoms with Crippen LogP contribution in [0.4, 0.5) is 16.2 Å². The lowest BCUT2D eigenvalue weighted by atomic mass is 10.1. The smallest absolute Gasteiger partial charge is 0.320 e. The number of likely N-dealkylation sites (tertiary alicyclic amines) is 1. The van der Waals surface area contributed by atoms with Crippen LogP contribution < -0.4 is 4.90 Å². The van der Waals surface area contributed by atoms with E-state index in [1.54, 1.807) is 21.9 Å². The number of benzene rings is 1. The van der Waals surface area contributed by atoms with Gasteiger partial charge in [0.05, 0.1) is 18.1 Å². The van der Waals surface area contributed by atoms with Crippen LogP contribution >= 0.6 is 0 Å². The van der Waals surface area contributed by atoms with E-state index >= 15 is 0 Å². The second kappa shape index (κ2) is 9.51. The fraction of sp³-hybridized carbons (Fsp3) is 0.619. The van der Waals surface area contributed by atoms with E-state index in [0.29, 0.717) is 63.7 Å². The van der Waals surface area contributed by atoms with Gasteiger partial charge in [0.25, 0.3) is 11.6 Å². The Morgan fingerprint density at radius 3 is 2.10 bits per heavy atom. The van der Waals surface area contributed by atoms with Crippen molar-refractivity contribution in [2.75, 3.05) is 70.5 Å². The highest BCUT2D eigenvalue weighted by atomic mass is 16.6. The summed E-state index contributed by atoms with van der Waals surface area (Å²) in [4.78, 5) is 44.2. The molecule has 4 rings (SSSR count). The van der Waals surface area contributed by atoms with Crippen molar-refractivity contribution in [2.24, 2.45) is 0 Å². The minimum atomic E-state index is -0.434. The van der Waals surface area contributed by atoms with Gasteiger partial charge in [-0.05, 0) is 31.4 Å². The zero-order chi connectivity index (χ0) is 21.8. The van der Waals surface area contributed by atoms with E-state index in [2.05, 4.69) is 0 Å². The molecule has 168 valence electrons. The lowest BCUT2D eigenvalue weighted by Gasteiger charge is -2.38. The van der Waals surface area contributed by atoms with Crippen molar-refractivity contribution in [1.82, 2.24) is 14.7 Å². The van der Waals surface area contributed by atoms with Crippen LogP contribution in [0.1, 0.15) is 29.6 Å². The predicted octanol–water partition coefficient (Wildman–Crippen LogP) is 1.80. The first-order chi connectivity index (χ1) is 15.0. The summed E-state index contributed by atoms with van der Waals surface area (Å²) in [6, 6.07) is 4.74. The Labute approximate surface area is 181 Å². The van der Waals surface area contributed by atoms with Crippen molar-refractivity contribution in [2.45, 2.75) is 19.3 Å². The maximum Gasteiger partial charge on any atom is 0.320 e. The van der Waals surface area contributed by atoms with E-state index < -0.39 is 4.92 Å². The molecule has 3 aliphatic heterocycles. The Kier molecular flexibility index (Phi) is 6.55. The topological polar surface area (TPSA) is 99.5 Å². The number of nitrogens with zero attached hydrogens (tertiary/aromatic N) is 5. The van der Waals surface area contributed by atoms with Crippen LogP contribution in [0.15, 0.2) is 18.2 Å². The maximum atomic E-state index is 13.0. The molecule has 0 radical (unpaired) electrons. The first-order valence-electron chi connectivity index (χ1n) is 11.0. The van der Waals surface area contributed by atoms with E-state index in [1.807, 2.05) is 9.80 Å². The molecule has 3 fully saturated rings. The van der Waals surface area contributed by atoms with E-state index in [9.17, 15) is 19.7 Å². The van der Waals surface area contributed by atoms with Crippen LogP contribution in [-0.2, 0) is 4.74 Å². The average Bonchev–Trinajstić information content (AvgIpc) is 2.84. The molecule has 3 heterocycles. The summed E-state index contributed by atoms with van der Waals surface area (Å²) in [5.41, 5.74) is 0.757. The van der Waals surface area contributed by atoms with Gasteiger partial charge in [0.2, 0.25) is 0 Å². The number of carbonyl (C=O) groups excluding carboxylic acids is 2. The number of carbonyl (C=O) groups is 2. The molecule has 0 aliphatic carbocycles. The molecule has 10 nitrogen and oxygen atoms in total. The molecule has 3 amide bonds. The molecule has 1 aromatic rings. The number of amides is 3. The molecule has 0 saturated carbocycles. The first kappa shape index (κ1) is 21.4. The molecule has 0 atom stereocenters. The Balaban J connectivity index is 1.41. The van der Waals surface area contributed by atoms with Crippen molar-refractivity contribution in [3.63, 3.8) is 0 Å². The number of urea groups is 1. The van der Waals surface area contributed by atoms with Crippen LogP contribution in [0, 0.1) is 10.1 Å². The molecular formula is C21H29N5O5. The van der Waals surface area contributed by atoms with E-state index in [-0.39, 0.29) is 17.6 Å². The number of anilines is 1. The highest BCUT2D eigenvalue weighted by Crippen LogP contribution is 2.30. The molecule has 31 heavy (non-hydrogen) atoms. The lowest BCUT2D eigenvalue weighted by molar-refractivity contribution is -0.384. The van der Waals surface area contributed by atoms with Gasteiger partial charge in [-0.15, -0.1) is 0 Å². The largest absolute Gasteiger partial charge is 0.378 e. The number of nitro groups is 1. The van der Waals surface area contributed by atoms with Crippen LogP contribution in [0.3, 0.4) is 0 Å². The molecule has 0 unspecified atom stereocenters. The molecule has 3 saturated heterocycles. The summed E-state index contributed by atoms with van der Waals surface area (Å²) < 4.78 is 5.32. The van der Waals surface area contributed by atoms with Crippen LogP contribution in [0.5, 0.6) is 0 Å². The number of hydrogen-bond acceptors (Lipinski definition) is 6. The molecule has 1 aromatic carbocycles. The van der Waals surface area contributed by atoms with Gasteiger partial charge >= 0.3 is 6.03 Å². The van der Waals surface area contributed by atoms with E-state index in [4.69, 9.17) is 4.74 Å². The Bertz CT molecular complexity index is 827. The standard InChI is InChI=1S/C21H29N5O5/c27-20(23-8-10-25(11-9-23)21(28)24-6-2-1-3-7-24)17-4-5-18(19(16-17)26(29)30)22-12-14-31-15-13-22/h4-5,16H,1-3,6-15H2. The zero-order valence-electron chi connectivity index (χ0n) is 17.7. The van der Waals surface area contributed by atoms with Crippen molar-refractivity contribution < 1.29 is 19.2 Å². The third kappa shape index (κ3) is 4.73. The number of morpholine rings is 1. The molecule has 0 aromatic heterocycles. The predicted molar refractivity (Wildman–Crippen MR) is 114 cm³/mol. The number of nitro benzene ring substituents is 1. The normalized spacial score (nSPS) is 20.0. The summed E-state index contributed by atoms with van der Waals surface area (Å²) in [6.45, 7) is 5.64. The monoisotopic (exact) mass is 431 g/mol. The van der Waals surface area contributed by atoms with Crippen LogP contribution in [-0.4, -0.2) is 97.1 Å². The van der Waals surface area contributed by atoms with Crippen molar-refractivity contribution in [3.8, 4) is 0 Å². The summed E-state index contributed by atoms with van der Waals surface area (Å²) in [7, 11) is 0. The third-order valence-electron chi connectivity index (χ3n) is 6.23. The molecular weight excluding hydrogens is 402 g/mol. The second-order valence-electron chi connectivity index (χ2n) is 8.17. The molecule has 10 heteroatoms. The first-order valence-corrected chi connectivity index (χ1v) is 11.0. The SMILES string of the molecule is O=C(c1ccc(N2CCOCC2)c([N+](=O)[O-])c1)N1CCN(C(=O)N2CCCCC2)CC1. The fourth-order valence-electron chi connectivity index (χ4n) is 4.44. The maximum absolute atomic E-state index is 13.0. The van der Waals surface area contributed by atoms with Gasteiger partial charge in [-0.2, -0.15) is 0 Å². The molecule has 3 aliphatic rings. The number of hydrogen-bond donors (Lipinski definition) is 0. The van der Waals surface area contributed by atoms with Gasteiger partial charge in [0, 0.05) is 64.0 Å².